The van der Waals surface area contributed by atoms with Crippen molar-refractivity contribution < 1.29 is 14.5 Å². The van der Waals surface area contributed by atoms with Gasteiger partial charge in [-0.15, -0.1) is 0 Å². The van der Waals surface area contributed by atoms with Crippen LogP contribution in [0.5, 0.6) is 5.75 Å². The predicted molar refractivity (Wildman–Crippen MR) is 119 cm³/mol. The highest BCUT2D eigenvalue weighted by Crippen LogP contribution is 2.34. The Morgan fingerprint density at radius 1 is 1.27 bits per heavy atom. The molecule has 30 heavy (non-hydrogen) atoms. The molecule has 0 bridgehead atoms. The minimum atomic E-state index is -0.729. The third-order valence-electron chi connectivity index (χ3n) is 4.43. The van der Waals surface area contributed by atoms with Crippen LogP contribution < -0.4 is 20.7 Å². The molecule has 11 heteroatoms. The van der Waals surface area contributed by atoms with Crippen molar-refractivity contribution in [3.8, 4) is 5.75 Å². The number of nitro benzene ring substituents is 1. The Morgan fingerprint density at radius 3 is 2.67 bits per heavy atom. The summed E-state index contributed by atoms with van der Waals surface area (Å²) in [6.45, 7) is 1.69. The third kappa shape index (κ3) is 4.48. The lowest BCUT2D eigenvalue weighted by Crippen LogP contribution is -2.45. The molecule has 1 aliphatic rings. The summed E-state index contributed by atoms with van der Waals surface area (Å²) in [5.41, 5.74) is 1.42. The Morgan fingerprint density at radius 2 is 2.00 bits per heavy atom. The Labute approximate surface area is 187 Å². The lowest BCUT2D eigenvalue weighted by molar-refractivity contribution is -0.384. The topological polar surface area (TPSA) is 106 Å². The molecule has 3 rings (SSSR count). The Kier molecular flexibility index (Phi) is 6.45. The summed E-state index contributed by atoms with van der Waals surface area (Å²) in [6, 6.07) is 8.41. The van der Waals surface area contributed by atoms with Crippen molar-refractivity contribution >= 4 is 57.8 Å². The first-order valence-electron chi connectivity index (χ1n) is 8.58. The molecule has 2 aromatic rings. The first-order chi connectivity index (χ1) is 14.2. The number of hydrogen-bond acceptors (Lipinski definition) is 5. The number of nitrogens with zero attached hydrogens (tertiary/aromatic N) is 1. The summed E-state index contributed by atoms with van der Waals surface area (Å²) in [6.07, 6.45) is 0. The molecule has 8 nitrogen and oxygen atoms in total. The summed E-state index contributed by atoms with van der Waals surface area (Å²) in [5.74, 6) is -0.0572. The molecule has 1 amide bonds. The van der Waals surface area contributed by atoms with Crippen molar-refractivity contribution in [1.82, 2.24) is 10.6 Å². The highest BCUT2D eigenvalue weighted by atomic mass is 35.5. The van der Waals surface area contributed by atoms with Crippen LogP contribution in [0.2, 0.25) is 10.0 Å². The van der Waals surface area contributed by atoms with Crippen molar-refractivity contribution in [3.05, 3.63) is 73.4 Å². The maximum Gasteiger partial charge on any atom is 0.288 e. The molecule has 0 fully saturated rings. The van der Waals surface area contributed by atoms with Crippen molar-refractivity contribution in [1.29, 1.82) is 0 Å². The molecule has 1 atom stereocenters. The van der Waals surface area contributed by atoms with E-state index in [2.05, 4.69) is 16.0 Å². The van der Waals surface area contributed by atoms with Gasteiger partial charge in [0.05, 0.1) is 29.3 Å². The Bertz CT molecular complexity index is 1090. The standard InChI is InChI=1S/C19H16Cl2N4O4S/c1-9-16(18(26)23-13-6-4-11(20)8-15(13)29-2)17(24-19(30)22-9)10-3-5-12(21)14(7-10)25(27)28/h3-8,17H,1-2H3,(H,23,26)(H2,22,24,30). The van der Waals surface area contributed by atoms with Crippen LogP contribution in [0.25, 0.3) is 0 Å². The number of nitrogens with one attached hydrogen (secondary N) is 3. The number of nitro groups is 1. The smallest absolute Gasteiger partial charge is 0.288 e. The number of rotatable bonds is 5. The molecule has 2 aromatic carbocycles. The van der Waals surface area contributed by atoms with E-state index in [9.17, 15) is 14.9 Å². The highest BCUT2D eigenvalue weighted by molar-refractivity contribution is 7.80. The summed E-state index contributed by atoms with van der Waals surface area (Å²) in [4.78, 5) is 23.9. The molecule has 0 saturated carbocycles. The van der Waals surface area contributed by atoms with Gasteiger partial charge in [-0.1, -0.05) is 29.3 Å². The van der Waals surface area contributed by atoms with Gasteiger partial charge in [-0.3, -0.25) is 14.9 Å². The number of thiocarbonyl (C=S) groups is 1. The number of hydrogen-bond donors (Lipinski definition) is 3. The van der Waals surface area contributed by atoms with E-state index in [0.717, 1.165) is 0 Å². The second kappa shape index (κ2) is 8.86. The van der Waals surface area contributed by atoms with E-state index in [4.69, 9.17) is 40.2 Å². The lowest BCUT2D eigenvalue weighted by Gasteiger charge is -2.30. The normalized spacial score (nSPS) is 15.9. The van der Waals surface area contributed by atoms with Crippen LogP contribution >= 0.6 is 35.4 Å². The van der Waals surface area contributed by atoms with E-state index >= 15 is 0 Å². The lowest BCUT2D eigenvalue weighted by atomic mass is 9.94. The van der Waals surface area contributed by atoms with Gasteiger partial charge in [0.25, 0.3) is 11.6 Å². The van der Waals surface area contributed by atoms with E-state index in [-0.39, 0.29) is 15.8 Å². The first kappa shape index (κ1) is 21.8. The number of carbonyl (C=O) groups excluding carboxylic acids is 1. The summed E-state index contributed by atoms with van der Waals surface area (Å²) >= 11 is 17.1. The van der Waals surface area contributed by atoms with Gasteiger partial charge in [0.1, 0.15) is 10.8 Å². The molecular formula is C19H16Cl2N4O4S. The quantitative estimate of drug-likeness (QED) is 0.341. The molecule has 3 N–H and O–H groups in total. The van der Waals surface area contributed by atoms with Crippen molar-refractivity contribution in [2.45, 2.75) is 13.0 Å². The number of ether oxygens (including phenoxy) is 1. The second-order valence-corrected chi connectivity index (χ2v) is 7.59. The predicted octanol–water partition coefficient (Wildman–Crippen LogP) is 4.34. The van der Waals surface area contributed by atoms with E-state index in [0.29, 0.717) is 33.3 Å². The number of anilines is 1. The SMILES string of the molecule is COc1cc(Cl)ccc1NC(=O)C1=C(C)NC(=S)NC1c1ccc(Cl)c([N+](=O)[O-])c1. The summed E-state index contributed by atoms with van der Waals surface area (Å²) in [5, 5.41) is 20.7. The zero-order valence-corrected chi connectivity index (χ0v) is 18.1. The molecule has 0 spiro atoms. The van der Waals surface area contributed by atoms with Crippen molar-refractivity contribution in [3.63, 3.8) is 0 Å². The number of allylic oxidation sites excluding steroid dienone is 1. The fourth-order valence-electron chi connectivity index (χ4n) is 3.05. The zero-order chi connectivity index (χ0) is 22.0. The van der Waals surface area contributed by atoms with Gasteiger partial charge in [0.15, 0.2) is 5.11 Å². The Hall–Kier alpha value is -2.88. The average Bonchev–Trinajstić information content (AvgIpc) is 2.68. The zero-order valence-electron chi connectivity index (χ0n) is 15.8. The number of amides is 1. The van der Waals surface area contributed by atoms with Crippen LogP contribution in [0.4, 0.5) is 11.4 Å². The van der Waals surface area contributed by atoms with Gasteiger partial charge in [0, 0.05) is 22.9 Å². The molecule has 0 aromatic heterocycles. The van der Waals surface area contributed by atoms with Crippen LogP contribution in [-0.2, 0) is 4.79 Å². The van der Waals surface area contributed by atoms with E-state index < -0.39 is 16.9 Å². The van der Waals surface area contributed by atoms with Crippen molar-refractivity contribution in [2.75, 3.05) is 12.4 Å². The minimum Gasteiger partial charge on any atom is -0.495 e. The van der Waals surface area contributed by atoms with Crippen LogP contribution in [0.3, 0.4) is 0 Å². The van der Waals surface area contributed by atoms with Gasteiger partial charge < -0.3 is 20.7 Å². The van der Waals surface area contributed by atoms with Crippen LogP contribution in [0.1, 0.15) is 18.5 Å². The third-order valence-corrected chi connectivity index (χ3v) is 5.20. The van der Waals surface area contributed by atoms with E-state index in [1.165, 1.54) is 19.2 Å². The maximum atomic E-state index is 13.2. The molecule has 156 valence electrons. The molecule has 0 saturated heterocycles. The summed E-state index contributed by atoms with van der Waals surface area (Å²) in [7, 11) is 1.46. The van der Waals surface area contributed by atoms with Gasteiger partial charge in [-0.05, 0) is 42.9 Å². The maximum absolute atomic E-state index is 13.2. The monoisotopic (exact) mass is 466 g/mol. The second-order valence-electron chi connectivity index (χ2n) is 6.34. The number of carbonyl (C=O) groups is 1. The largest absolute Gasteiger partial charge is 0.495 e. The van der Waals surface area contributed by atoms with Crippen LogP contribution in [0, 0.1) is 10.1 Å². The number of benzene rings is 2. The fraction of sp³-hybridized carbons (Fsp3) is 0.158. The molecule has 1 unspecified atom stereocenters. The molecule has 0 aliphatic carbocycles. The Balaban J connectivity index is 2.01. The van der Waals surface area contributed by atoms with E-state index in [1.54, 1.807) is 31.2 Å². The number of methoxy groups -OCH3 is 1. The molecule has 1 aliphatic heterocycles. The van der Waals surface area contributed by atoms with Gasteiger partial charge in [-0.25, -0.2) is 0 Å². The molecule has 0 radical (unpaired) electrons. The highest BCUT2D eigenvalue weighted by Gasteiger charge is 2.31. The van der Waals surface area contributed by atoms with Crippen LogP contribution in [0.15, 0.2) is 47.7 Å². The van der Waals surface area contributed by atoms with Crippen molar-refractivity contribution in [2.24, 2.45) is 0 Å². The average molecular weight is 467 g/mol. The first-order valence-corrected chi connectivity index (χ1v) is 9.74. The van der Waals surface area contributed by atoms with Gasteiger partial charge >= 0.3 is 0 Å². The summed E-state index contributed by atoms with van der Waals surface area (Å²) < 4.78 is 5.27. The molecule has 1 heterocycles. The number of halogens is 2. The van der Waals surface area contributed by atoms with E-state index in [1.807, 2.05) is 0 Å². The molecular weight excluding hydrogens is 451 g/mol. The van der Waals surface area contributed by atoms with Gasteiger partial charge in [-0.2, -0.15) is 0 Å². The van der Waals surface area contributed by atoms with Gasteiger partial charge in [0.2, 0.25) is 0 Å². The minimum absolute atomic E-state index is 0.00198. The van der Waals surface area contributed by atoms with Crippen LogP contribution in [-0.4, -0.2) is 23.1 Å². The fourth-order valence-corrected chi connectivity index (χ4v) is 3.67.